The van der Waals surface area contributed by atoms with E-state index in [4.69, 9.17) is 5.73 Å². The maximum absolute atomic E-state index is 13.8. The molecule has 1 aromatic carbocycles. The Morgan fingerprint density at radius 2 is 1.90 bits per heavy atom. The summed E-state index contributed by atoms with van der Waals surface area (Å²) in [6.07, 6.45) is 3.43. The van der Waals surface area contributed by atoms with Gasteiger partial charge in [-0.05, 0) is 47.3 Å². The second-order valence-electron chi connectivity index (χ2n) is 5.20. The minimum Gasteiger partial charge on any atom is -0.330 e. The summed E-state index contributed by atoms with van der Waals surface area (Å²) in [5, 5.41) is 0. The lowest BCUT2D eigenvalue weighted by Crippen LogP contribution is -2.44. The van der Waals surface area contributed by atoms with Crippen molar-refractivity contribution < 1.29 is 17.2 Å². The average Bonchev–Trinajstić information content (AvgIpc) is 2.43. The summed E-state index contributed by atoms with van der Waals surface area (Å²) in [5.74, 6) is -1.91. The first-order valence-electron chi connectivity index (χ1n) is 6.72. The van der Waals surface area contributed by atoms with Crippen molar-refractivity contribution in [2.45, 2.75) is 36.6 Å². The van der Waals surface area contributed by atoms with Crippen molar-refractivity contribution in [1.29, 1.82) is 0 Å². The second kappa shape index (κ2) is 6.68. The molecule has 1 aliphatic rings. The number of nitrogens with one attached hydrogen (secondary N) is 1. The van der Waals surface area contributed by atoms with E-state index in [9.17, 15) is 17.2 Å². The van der Waals surface area contributed by atoms with Gasteiger partial charge in [0.1, 0.15) is 16.5 Å². The summed E-state index contributed by atoms with van der Waals surface area (Å²) in [6, 6.07) is 1.18. The molecule has 4 nitrogen and oxygen atoms in total. The molecule has 0 aliphatic heterocycles. The molecule has 1 aromatic rings. The molecular weight excluding hydrogens is 366 g/mol. The minimum absolute atomic E-state index is 0.0421. The molecule has 1 saturated carbocycles. The van der Waals surface area contributed by atoms with E-state index < -0.39 is 26.6 Å². The molecule has 3 N–H and O–H groups in total. The summed E-state index contributed by atoms with van der Waals surface area (Å²) < 4.78 is 54.0. The molecule has 0 radical (unpaired) electrons. The quantitative estimate of drug-likeness (QED) is 0.785. The molecule has 21 heavy (non-hydrogen) atoms. The number of nitrogens with two attached hydrogens (primary N) is 1. The number of hydrogen-bond donors (Lipinski definition) is 2. The fourth-order valence-corrected chi connectivity index (χ4v) is 4.54. The van der Waals surface area contributed by atoms with Gasteiger partial charge in [0.15, 0.2) is 0 Å². The van der Waals surface area contributed by atoms with Crippen LogP contribution in [-0.2, 0) is 10.0 Å². The van der Waals surface area contributed by atoms with Crippen LogP contribution in [0, 0.1) is 17.6 Å². The van der Waals surface area contributed by atoms with Crippen molar-refractivity contribution in [1.82, 2.24) is 4.72 Å². The van der Waals surface area contributed by atoms with Crippen molar-refractivity contribution in [2.24, 2.45) is 11.7 Å². The van der Waals surface area contributed by atoms with Crippen LogP contribution in [0.4, 0.5) is 8.78 Å². The van der Waals surface area contributed by atoms with E-state index in [-0.39, 0.29) is 16.4 Å². The Morgan fingerprint density at radius 1 is 1.24 bits per heavy atom. The first-order valence-corrected chi connectivity index (χ1v) is 8.99. The molecular formula is C13H17BrF2N2O2S. The molecule has 1 aliphatic carbocycles. The molecule has 0 spiro atoms. The van der Waals surface area contributed by atoms with Gasteiger partial charge >= 0.3 is 0 Å². The van der Waals surface area contributed by atoms with Gasteiger partial charge in [-0.2, -0.15) is 0 Å². The van der Waals surface area contributed by atoms with Crippen molar-refractivity contribution in [3.63, 3.8) is 0 Å². The maximum Gasteiger partial charge on any atom is 0.243 e. The van der Waals surface area contributed by atoms with Gasteiger partial charge in [0.25, 0.3) is 0 Å². The van der Waals surface area contributed by atoms with Crippen molar-refractivity contribution in [2.75, 3.05) is 6.54 Å². The van der Waals surface area contributed by atoms with Gasteiger partial charge in [-0.25, -0.2) is 21.9 Å². The Hall–Kier alpha value is -0.570. The van der Waals surface area contributed by atoms with Crippen LogP contribution in [0.5, 0.6) is 0 Å². The monoisotopic (exact) mass is 382 g/mol. The van der Waals surface area contributed by atoms with Crippen LogP contribution < -0.4 is 10.5 Å². The van der Waals surface area contributed by atoms with Gasteiger partial charge in [0.05, 0.1) is 4.47 Å². The lowest BCUT2D eigenvalue weighted by Gasteiger charge is -2.31. The highest BCUT2D eigenvalue weighted by Gasteiger charge is 2.30. The van der Waals surface area contributed by atoms with Crippen LogP contribution in [-0.4, -0.2) is 21.0 Å². The summed E-state index contributed by atoms with van der Waals surface area (Å²) in [6.45, 7) is 0.378. The van der Waals surface area contributed by atoms with Crippen LogP contribution in [0.15, 0.2) is 21.5 Å². The largest absolute Gasteiger partial charge is 0.330 e. The van der Waals surface area contributed by atoms with Crippen LogP contribution in [0.2, 0.25) is 0 Å². The number of halogens is 3. The Labute approximate surface area is 131 Å². The Bertz CT molecular complexity index is 625. The molecule has 0 saturated heterocycles. The van der Waals surface area contributed by atoms with Crippen LogP contribution in [0.3, 0.4) is 0 Å². The Morgan fingerprint density at radius 3 is 2.57 bits per heavy atom. The molecule has 1 fully saturated rings. The van der Waals surface area contributed by atoms with Gasteiger partial charge in [0.2, 0.25) is 10.0 Å². The number of hydrogen-bond acceptors (Lipinski definition) is 3. The lowest BCUT2D eigenvalue weighted by atomic mass is 9.85. The van der Waals surface area contributed by atoms with E-state index in [2.05, 4.69) is 20.7 Å². The third-order valence-corrected chi connectivity index (χ3v) is 5.90. The van der Waals surface area contributed by atoms with Crippen LogP contribution in [0.1, 0.15) is 25.7 Å². The zero-order chi connectivity index (χ0) is 15.6. The number of rotatable bonds is 4. The molecule has 2 rings (SSSR count). The van der Waals surface area contributed by atoms with Gasteiger partial charge < -0.3 is 5.73 Å². The summed E-state index contributed by atoms with van der Waals surface area (Å²) in [7, 11) is -4.05. The zero-order valence-electron chi connectivity index (χ0n) is 11.3. The van der Waals surface area contributed by atoms with Gasteiger partial charge in [-0.1, -0.05) is 12.8 Å². The van der Waals surface area contributed by atoms with Crippen LogP contribution >= 0.6 is 15.9 Å². The topological polar surface area (TPSA) is 72.2 Å². The molecule has 0 aromatic heterocycles. The lowest BCUT2D eigenvalue weighted by molar-refractivity contribution is 0.296. The fraction of sp³-hybridized carbons (Fsp3) is 0.538. The predicted octanol–water partition coefficient (Wildman–Crippen LogP) is 2.52. The second-order valence-corrected chi connectivity index (χ2v) is 7.74. The van der Waals surface area contributed by atoms with E-state index in [0.29, 0.717) is 19.0 Å². The SMILES string of the molecule is NCC1CCCCC1NS(=O)(=O)c1cc(Br)c(F)cc1F. The molecule has 2 atom stereocenters. The molecule has 2 unspecified atom stereocenters. The zero-order valence-corrected chi connectivity index (χ0v) is 13.7. The van der Waals surface area contributed by atoms with E-state index >= 15 is 0 Å². The summed E-state index contributed by atoms with van der Waals surface area (Å²) >= 11 is 2.87. The van der Waals surface area contributed by atoms with E-state index in [1.54, 1.807) is 0 Å². The third-order valence-electron chi connectivity index (χ3n) is 3.78. The normalized spacial score (nSPS) is 23.2. The summed E-state index contributed by atoms with van der Waals surface area (Å²) in [5.41, 5.74) is 5.66. The highest BCUT2D eigenvalue weighted by Crippen LogP contribution is 2.27. The number of benzene rings is 1. The Kier molecular flexibility index (Phi) is 5.34. The van der Waals surface area contributed by atoms with Gasteiger partial charge in [-0.3, -0.25) is 0 Å². The minimum atomic E-state index is -4.05. The maximum atomic E-state index is 13.8. The first kappa shape index (κ1) is 16.8. The Balaban J connectivity index is 2.28. The molecule has 8 heteroatoms. The standard InChI is InChI=1S/C13H17BrF2N2O2S/c14-9-5-13(11(16)6-10(9)15)21(19,20)18-12-4-2-1-3-8(12)7-17/h5-6,8,12,18H,1-4,7,17H2. The van der Waals surface area contributed by atoms with Gasteiger partial charge in [0, 0.05) is 12.1 Å². The van der Waals surface area contributed by atoms with Crippen LogP contribution in [0.25, 0.3) is 0 Å². The van der Waals surface area contributed by atoms with Gasteiger partial charge in [-0.15, -0.1) is 0 Å². The molecule has 118 valence electrons. The van der Waals surface area contributed by atoms with Crippen molar-refractivity contribution in [3.05, 3.63) is 28.2 Å². The van der Waals surface area contributed by atoms with Crippen molar-refractivity contribution >= 4 is 26.0 Å². The van der Waals surface area contributed by atoms with E-state index in [1.807, 2.05) is 0 Å². The number of sulfonamides is 1. The predicted molar refractivity (Wildman–Crippen MR) is 79.2 cm³/mol. The molecule has 0 heterocycles. The average molecular weight is 383 g/mol. The van der Waals surface area contributed by atoms with E-state index in [0.717, 1.165) is 25.3 Å². The highest BCUT2D eigenvalue weighted by atomic mass is 79.9. The third kappa shape index (κ3) is 3.80. The van der Waals surface area contributed by atoms with Crippen molar-refractivity contribution in [3.8, 4) is 0 Å². The molecule has 0 amide bonds. The first-order chi connectivity index (χ1) is 9.85. The molecule has 0 bridgehead atoms. The fourth-order valence-electron chi connectivity index (χ4n) is 2.62. The highest BCUT2D eigenvalue weighted by molar-refractivity contribution is 9.10. The van der Waals surface area contributed by atoms with E-state index in [1.165, 1.54) is 0 Å². The smallest absolute Gasteiger partial charge is 0.243 e. The summed E-state index contributed by atoms with van der Waals surface area (Å²) in [4.78, 5) is -0.558.